The second-order valence-electron chi connectivity index (χ2n) is 4.71. The standard InChI is InChI=1S/C16H14ClN3/c17-13-4-2-1-3-11(13)9-14(18)12-5-6-15-16(10-12)20-8-7-19-15/h1-8,10,14H,9,18H2. The number of nitrogens with zero attached hydrogens (tertiary/aromatic N) is 2. The first kappa shape index (κ1) is 13.0. The van der Waals surface area contributed by atoms with E-state index in [1.54, 1.807) is 12.4 Å². The molecule has 1 unspecified atom stereocenters. The maximum absolute atomic E-state index is 6.28. The predicted molar refractivity (Wildman–Crippen MR) is 81.6 cm³/mol. The summed E-state index contributed by atoms with van der Waals surface area (Å²) in [5.41, 5.74) is 10.1. The third-order valence-corrected chi connectivity index (χ3v) is 3.69. The highest BCUT2D eigenvalue weighted by molar-refractivity contribution is 6.31. The minimum atomic E-state index is -0.110. The Bertz CT molecular complexity index is 742. The Morgan fingerprint density at radius 2 is 1.75 bits per heavy atom. The summed E-state index contributed by atoms with van der Waals surface area (Å²) in [5, 5.41) is 0.753. The van der Waals surface area contributed by atoms with Gasteiger partial charge in [0.15, 0.2) is 0 Å². The summed E-state index contributed by atoms with van der Waals surface area (Å²) in [4.78, 5) is 8.56. The number of halogens is 1. The van der Waals surface area contributed by atoms with Gasteiger partial charge in [-0.2, -0.15) is 0 Å². The molecule has 1 aromatic heterocycles. The molecule has 0 saturated heterocycles. The van der Waals surface area contributed by atoms with Gasteiger partial charge in [0.2, 0.25) is 0 Å². The van der Waals surface area contributed by atoms with E-state index < -0.39 is 0 Å². The van der Waals surface area contributed by atoms with E-state index in [0.29, 0.717) is 6.42 Å². The largest absolute Gasteiger partial charge is 0.324 e. The lowest BCUT2D eigenvalue weighted by molar-refractivity contribution is 0.723. The number of nitrogens with two attached hydrogens (primary N) is 1. The van der Waals surface area contributed by atoms with Crippen LogP contribution < -0.4 is 5.73 Å². The van der Waals surface area contributed by atoms with Crippen molar-refractivity contribution < 1.29 is 0 Å². The van der Waals surface area contributed by atoms with Gasteiger partial charge in [-0.15, -0.1) is 0 Å². The first-order chi connectivity index (χ1) is 9.74. The third-order valence-electron chi connectivity index (χ3n) is 3.32. The van der Waals surface area contributed by atoms with Crippen LogP contribution in [0.1, 0.15) is 17.2 Å². The van der Waals surface area contributed by atoms with Crippen molar-refractivity contribution in [3.05, 3.63) is 71.0 Å². The van der Waals surface area contributed by atoms with Gasteiger partial charge in [-0.1, -0.05) is 35.9 Å². The molecule has 0 aliphatic carbocycles. The summed E-state index contributed by atoms with van der Waals surface area (Å²) in [6.07, 6.45) is 4.07. The number of benzene rings is 2. The Morgan fingerprint density at radius 3 is 2.55 bits per heavy atom. The first-order valence-corrected chi connectivity index (χ1v) is 6.81. The van der Waals surface area contributed by atoms with Crippen molar-refractivity contribution in [1.29, 1.82) is 0 Å². The molecule has 0 aliphatic rings. The van der Waals surface area contributed by atoms with Gasteiger partial charge in [-0.3, -0.25) is 9.97 Å². The van der Waals surface area contributed by atoms with E-state index in [1.165, 1.54) is 0 Å². The lowest BCUT2D eigenvalue weighted by Crippen LogP contribution is -2.13. The quantitative estimate of drug-likeness (QED) is 0.800. The summed E-state index contributed by atoms with van der Waals surface area (Å²) in [6, 6.07) is 13.6. The van der Waals surface area contributed by atoms with Crippen LogP contribution in [-0.2, 0) is 6.42 Å². The van der Waals surface area contributed by atoms with Gasteiger partial charge >= 0.3 is 0 Å². The Balaban J connectivity index is 1.89. The average molecular weight is 284 g/mol. The molecule has 0 fully saturated rings. The molecule has 0 bridgehead atoms. The van der Waals surface area contributed by atoms with E-state index in [0.717, 1.165) is 27.2 Å². The first-order valence-electron chi connectivity index (χ1n) is 6.44. The predicted octanol–water partition coefficient (Wildman–Crippen LogP) is 3.53. The van der Waals surface area contributed by atoms with Crippen LogP contribution in [0.4, 0.5) is 0 Å². The molecule has 1 heterocycles. The fourth-order valence-electron chi connectivity index (χ4n) is 2.23. The van der Waals surface area contributed by atoms with Crippen molar-refractivity contribution >= 4 is 22.6 Å². The van der Waals surface area contributed by atoms with Gasteiger partial charge in [0.1, 0.15) is 0 Å². The SMILES string of the molecule is NC(Cc1ccccc1Cl)c1ccc2nccnc2c1. The summed E-state index contributed by atoms with van der Waals surface area (Å²) in [7, 11) is 0. The fourth-order valence-corrected chi connectivity index (χ4v) is 2.44. The minimum absolute atomic E-state index is 0.110. The molecule has 0 radical (unpaired) electrons. The average Bonchev–Trinajstić information content (AvgIpc) is 2.49. The smallest absolute Gasteiger partial charge is 0.0890 e. The van der Waals surface area contributed by atoms with E-state index in [2.05, 4.69) is 9.97 Å². The van der Waals surface area contributed by atoms with Crippen LogP contribution in [0.25, 0.3) is 11.0 Å². The zero-order chi connectivity index (χ0) is 13.9. The maximum Gasteiger partial charge on any atom is 0.0890 e. The van der Waals surface area contributed by atoms with Gasteiger partial charge in [-0.05, 0) is 35.7 Å². The van der Waals surface area contributed by atoms with Gasteiger partial charge in [0, 0.05) is 23.5 Å². The molecular formula is C16H14ClN3. The third kappa shape index (κ3) is 2.64. The number of hydrogen-bond donors (Lipinski definition) is 1. The Kier molecular flexibility index (Phi) is 3.63. The Labute approximate surface area is 122 Å². The van der Waals surface area contributed by atoms with Crippen LogP contribution in [0.5, 0.6) is 0 Å². The summed E-state index contributed by atoms with van der Waals surface area (Å²) < 4.78 is 0. The minimum Gasteiger partial charge on any atom is -0.324 e. The molecule has 2 N–H and O–H groups in total. The normalized spacial score (nSPS) is 12.5. The van der Waals surface area contributed by atoms with E-state index in [-0.39, 0.29) is 6.04 Å². The monoisotopic (exact) mass is 283 g/mol. The van der Waals surface area contributed by atoms with Gasteiger partial charge in [-0.25, -0.2) is 0 Å². The van der Waals surface area contributed by atoms with Crippen LogP contribution >= 0.6 is 11.6 Å². The molecule has 0 saturated carbocycles. The zero-order valence-corrected chi connectivity index (χ0v) is 11.6. The van der Waals surface area contributed by atoms with Gasteiger partial charge in [0.25, 0.3) is 0 Å². The number of rotatable bonds is 3. The second kappa shape index (κ2) is 5.57. The highest BCUT2D eigenvalue weighted by Crippen LogP contribution is 2.23. The number of fused-ring (bicyclic) bond motifs is 1. The summed E-state index contributed by atoms with van der Waals surface area (Å²) >= 11 is 6.17. The molecule has 100 valence electrons. The molecule has 1 atom stereocenters. The topological polar surface area (TPSA) is 51.8 Å². The van der Waals surface area contributed by atoms with Gasteiger partial charge in [0.05, 0.1) is 11.0 Å². The number of aromatic nitrogens is 2. The highest BCUT2D eigenvalue weighted by Gasteiger charge is 2.10. The lowest BCUT2D eigenvalue weighted by Gasteiger charge is -2.13. The van der Waals surface area contributed by atoms with Crippen molar-refractivity contribution in [3.8, 4) is 0 Å². The van der Waals surface area contributed by atoms with E-state index in [9.17, 15) is 0 Å². The van der Waals surface area contributed by atoms with E-state index >= 15 is 0 Å². The molecule has 0 amide bonds. The molecule has 4 heteroatoms. The van der Waals surface area contributed by atoms with Crippen molar-refractivity contribution in [3.63, 3.8) is 0 Å². The van der Waals surface area contributed by atoms with Crippen LogP contribution in [0.2, 0.25) is 5.02 Å². The summed E-state index contributed by atoms with van der Waals surface area (Å²) in [5.74, 6) is 0. The molecule has 3 aromatic rings. The molecule has 3 rings (SSSR count). The highest BCUT2D eigenvalue weighted by atomic mass is 35.5. The fraction of sp³-hybridized carbons (Fsp3) is 0.125. The van der Waals surface area contributed by atoms with Crippen molar-refractivity contribution in [2.24, 2.45) is 5.73 Å². The van der Waals surface area contributed by atoms with Crippen LogP contribution in [0, 0.1) is 0 Å². The lowest BCUT2D eigenvalue weighted by atomic mass is 9.99. The molecule has 0 aliphatic heterocycles. The van der Waals surface area contributed by atoms with Crippen LogP contribution in [0.3, 0.4) is 0 Å². The van der Waals surface area contributed by atoms with Crippen molar-refractivity contribution in [2.75, 3.05) is 0 Å². The zero-order valence-electron chi connectivity index (χ0n) is 10.8. The molecule has 20 heavy (non-hydrogen) atoms. The van der Waals surface area contributed by atoms with Crippen molar-refractivity contribution in [1.82, 2.24) is 9.97 Å². The van der Waals surface area contributed by atoms with Crippen LogP contribution in [-0.4, -0.2) is 9.97 Å². The molecule has 3 nitrogen and oxygen atoms in total. The molecule has 0 spiro atoms. The Hall–Kier alpha value is -1.97. The van der Waals surface area contributed by atoms with Gasteiger partial charge < -0.3 is 5.73 Å². The molecular weight excluding hydrogens is 270 g/mol. The van der Waals surface area contributed by atoms with E-state index in [1.807, 2.05) is 42.5 Å². The van der Waals surface area contributed by atoms with Crippen LogP contribution in [0.15, 0.2) is 54.9 Å². The molecule has 2 aromatic carbocycles. The second-order valence-corrected chi connectivity index (χ2v) is 5.11. The Morgan fingerprint density at radius 1 is 1.00 bits per heavy atom. The summed E-state index contributed by atoms with van der Waals surface area (Å²) in [6.45, 7) is 0. The van der Waals surface area contributed by atoms with E-state index in [4.69, 9.17) is 17.3 Å². The number of hydrogen-bond acceptors (Lipinski definition) is 3. The maximum atomic E-state index is 6.28. The van der Waals surface area contributed by atoms with Crippen molar-refractivity contribution in [2.45, 2.75) is 12.5 Å².